The standard InChI is InChI=1S/C18H19ClFNO2/c1-11(2)14-6-4-5-7-17(14)21-18(22)12(3)23-13-8-9-16(20)15(19)10-13/h4-12H,1-3H3,(H,21,22). The molecule has 2 aromatic rings. The topological polar surface area (TPSA) is 38.3 Å². The Morgan fingerprint density at radius 2 is 1.87 bits per heavy atom. The quantitative estimate of drug-likeness (QED) is 0.834. The molecule has 1 amide bonds. The Balaban J connectivity index is 2.07. The zero-order chi connectivity index (χ0) is 17.0. The van der Waals surface area contributed by atoms with Gasteiger partial charge in [0.15, 0.2) is 6.10 Å². The van der Waals surface area contributed by atoms with Gasteiger partial charge in [-0.2, -0.15) is 0 Å². The second-order valence-electron chi connectivity index (χ2n) is 5.57. The summed E-state index contributed by atoms with van der Waals surface area (Å²) in [7, 11) is 0. The highest BCUT2D eigenvalue weighted by Gasteiger charge is 2.17. The molecule has 23 heavy (non-hydrogen) atoms. The van der Waals surface area contributed by atoms with Crippen molar-refractivity contribution in [3.8, 4) is 5.75 Å². The third-order valence-corrected chi connectivity index (χ3v) is 3.70. The summed E-state index contributed by atoms with van der Waals surface area (Å²) < 4.78 is 18.7. The van der Waals surface area contributed by atoms with Crippen molar-refractivity contribution in [1.29, 1.82) is 0 Å². The lowest BCUT2D eigenvalue weighted by Crippen LogP contribution is -2.30. The summed E-state index contributed by atoms with van der Waals surface area (Å²) in [5.74, 6) is -0.171. The van der Waals surface area contributed by atoms with Crippen LogP contribution in [0.25, 0.3) is 0 Å². The highest BCUT2D eigenvalue weighted by Crippen LogP contribution is 2.25. The van der Waals surface area contributed by atoms with Crippen molar-refractivity contribution in [2.75, 3.05) is 5.32 Å². The van der Waals surface area contributed by atoms with Crippen LogP contribution in [-0.2, 0) is 4.79 Å². The molecule has 0 spiro atoms. The molecule has 2 aromatic carbocycles. The maximum Gasteiger partial charge on any atom is 0.265 e. The molecule has 0 saturated carbocycles. The second-order valence-corrected chi connectivity index (χ2v) is 5.97. The Morgan fingerprint density at radius 1 is 1.17 bits per heavy atom. The lowest BCUT2D eigenvalue weighted by atomic mass is 10.0. The number of halogens is 2. The van der Waals surface area contributed by atoms with Crippen LogP contribution >= 0.6 is 11.6 Å². The lowest BCUT2D eigenvalue weighted by molar-refractivity contribution is -0.122. The molecule has 0 radical (unpaired) electrons. The lowest BCUT2D eigenvalue weighted by Gasteiger charge is -2.18. The molecule has 1 atom stereocenters. The van der Waals surface area contributed by atoms with Gasteiger partial charge in [0.1, 0.15) is 11.6 Å². The number of amides is 1. The van der Waals surface area contributed by atoms with Crippen LogP contribution in [0.15, 0.2) is 42.5 Å². The molecule has 0 bridgehead atoms. The van der Waals surface area contributed by atoms with Crippen LogP contribution in [0.5, 0.6) is 5.75 Å². The summed E-state index contributed by atoms with van der Waals surface area (Å²) in [5.41, 5.74) is 1.82. The maximum absolute atomic E-state index is 13.1. The van der Waals surface area contributed by atoms with Gasteiger partial charge >= 0.3 is 0 Å². The summed E-state index contributed by atoms with van der Waals surface area (Å²) in [6.07, 6.45) is -0.739. The van der Waals surface area contributed by atoms with E-state index in [1.807, 2.05) is 24.3 Å². The fourth-order valence-corrected chi connectivity index (χ4v) is 2.33. The Kier molecular flexibility index (Phi) is 5.61. The highest BCUT2D eigenvalue weighted by molar-refractivity contribution is 6.30. The van der Waals surface area contributed by atoms with Crippen molar-refractivity contribution in [1.82, 2.24) is 0 Å². The predicted molar refractivity (Wildman–Crippen MR) is 90.7 cm³/mol. The van der Waals surface area contributed by atoms with E-state index < -0.39 is 11.9 Å². The number of anilines is 1. The van der Waals surface area contributed by atoms with Gasteiger partial charge in [-0.1, -0.05) is 43.6 Å². The first-order valence-corrected chi connectivity index (χ1v) is 7.77. The summed E-state index contributed by atoms with van der Waals surface area (Å²) in [4.78, 5) is 12.3. The zero-order valence-corrected chi connectivity index (χ0v) is 14.0. The molecule has 0 aliphatic carbocycles. The zero-order valence-electron chi connectivity index (χ0n) is 13.3. The third-order valence-electron chi connectivity index (χ3n) is 3.41. The molecule has 0 fully saturated rings. The molecule has 5 heteroatoms. The van der Waals surface area contributed by atoms with E-state index in [0.717, 1.165) is 11.3 Å². The maximum atomic E-state index is 13.1. The molecule has 0 aliphatic rings. The second kappa shape index (κ2) is 7.47. The van der Waals surface area contributed by atoms with Crippen molar-refractivity contribution in [2.45, 2.75) is 32.8 Å². The van der Waals surface area contributed by atoms with Gasteiger partial charge in [0.25, 0.3) is 5.91 Å². The van der Waals surface area contributed by atoms with E-state index in [0.29, 0.717) is 11.7 Å². The fourth-order valence-electron chi connectivity index (χ4n) is 2.16. The van der Waals surface area contributed by atoms with Crippen LogP contribution < -0.4 is 10.1 Å². The minimum Gasteiger partial charge on any atom is -0.481 e. The van der Waals surface area contributed by atoms with Crippen LogP contribution in [0.3, 0.4) is 0 Å². The first-order valence-electron chi connectivity index (χ1n) is 7.40. The van der Waals surface area contributed by atoms with Gasteiger partial charge in [0.05, 0.1) is 5.02 Å². The molecule has 1 unspecified atom stereocenters. The van der Waals surface area contributed by atoms with E-state index in [4.69, 9.17) is 16.3 Å². The normalized spacial score (nSPS) is 12.1. The first-order chi connectivity index (χ1) is 10.9. The first kappa shape index (κ1) is 17.3. The monoisotopic (exact) mass is 335 g/mol. The highest BCUT2D eigenvalue weighted by atomic mass is 35.5. The molecule has 0 aliphatic heterocycles. The molecular formula is C18H19ClFNO2. The summed E-state index contributed by atoms with van der Waals surface area (Å²) in [5, 5.41) is 2.83. The molecule has 0 heterocycles. The molecule has 0 aromatic heterocycles. The molecule has 2 rings (SSSR count). The van der Waals surface area contributed by atoms with Crippen LogP contribution in [0, 0.1) is 5.82 Å². The van der Waals surface area contributed by atoms with Crippen molar-refractivity contribution < 1.29 is 13.9 Å². The number of nitrogens with one attached hydrogen (secondary N) is 1. The Bertz CT molecular complexity index is 703. The number of hydrogen-bond acceptors (Lipinski definition) is 2. The Labute approximate surface area is 140 Å². The van der Waals surface area contributed by atoms with E-state index in [1.54, 1.807) is 6.92 Å². The van der Waals surface area contributed by atoms with Crippen molar-refractivity contribution in [3.05, 3.63) is 58.9 Å². The van der Waals surface area contributed by atoms with Crippen LogP contribution in [-0.4, -0.2) is 12.0 Å². The third kappa shape index (κ3) is 4.45. The van der Waals surface area contributed by atoms with Gasteiger partial charge in [-0.05, 0) is 36.6 Å². The van der Waals surface area contributed by atoms with Gasteiger partial charge in [0, 0.05) is 11.8 Å². The number of benzene rings is 2. The van der Waals surface area contributed by atoms with E-state index in [2.05, 4.69) is 19.2 Å². The van der Waals surface area contributed by atoms with Gasteiger partial charge in [-0.15, -0.1) is 0 Å². The number of carbonyl (C=O) groups is 1. The van der Waals surface area contributed by atoms with E-state index in [9.17, 15) is 9.18 Å². The average molecular weight is 336 g/mol. The molecule has 0 saturated heterocycles. The minimum atomic E-state index is -0.739. The van der Waals surface area contributed by atoms with Gasteiger partial charge in [-0.3, -0.25) is 4.79 Å². The van der Waals surface area contributed by atoms with Gasteiger partial charge in [-0.25, -0.2) is 4.39 Å². The predicted octanol–water partition coefficient (Wildman–Crippen LogP) is 5.01. The molecule has 3 nitrogen and oxygen atoms in total. The van der Waals surface area contributed by atoms with Crippen LogP contribution in [0.4, 0.5) is 10.1 Å². The van der Waals surface area contributed by atoms with E-state index in [1.165, 1.54) is 18.2 Å². The molecular weight excluding hydrogens is 317 g/mol. The van der Waals surface area contributed by atoms with Gasteiger partial charge < -0.3 is 10.1 Å². The van der Waals surface area contributed by atoms with E-state index >= 15 is 0 Å². The Morgan fingerprint density at radius 3 is 2.52 bits per heavy atom. The number of rotatable bonds is 5. The van der Waals surface area contributed by atoms with E-state index in [-0.39, 0.29) is 10.9 Å². The van der Waals surface area contributed by atoms with Crippen molar-refractivity contribution >= 4 is 23.2 Å². The number of ether oxygens (including phenoxy) is 1. The summed E-state index contributed by atoms with van der Waals surface area (Å²) in [6.45, 7) is 5.75. The SMILES string of the molecule is CC(Oc1ccc(F)c(Cl)c1)C(=O)Nc1ccccc1C(C)C. The smallest absolute Gasteiger partial charge is 0.265 e. The summed E-state index contributed by atoms with van der Waals surface area (Å²) in [6, 6.07) is 11.6. The minimum absolute atomic E-state index is 0.0414. The molecule has 122 valence electrons. The van der Waals surface area contributed by atoms with Crippen molar-refractivity contribution in [3.63, 3.8) is 0 Å². The van der Waals surface area contributed by atoms with Gasteiger partial charge in [0.2, 0.25) is 0 Å². The molecule has 1 N–H and O–H groups in total. The number of para-hydroxylation sites is 1. The Hall–Kier alpha value is -2.07. The van der Waals surface area contributed by atoms with Crippen molar-refractivity contribution in [2.24, 2.45) is 0 Å². The largest absolute Gasteiger partial charge is 0.481 e. The summed E-state index contributed by atoms with van der Waals surface area (Å²) >= 11 is 5.71. The van der Waals surface area contributed by atoms with Crippen LogP contribution in [0.2, 0.25) is 5.02 Å². The average Bonchev–Trinajstić information content (AvgIpc) is 2.51. The number of hydrogen-bond donors (Lipinski definition) is 1. The van der Waals surface area contributed by atoms with Crippen LogP contribution in [0.1, 0.15) is 32.3 Å². The number of carbonyl (C=O) groups excluding carboxylic acids is 1. The fraction of sp³-hybridized carbons (Fsp3) is 0.278.